The first-order chi connectivity index (χ1) is 7.75. The number of hydrogen-bond donors (Lipinski definition) is 2. The van der Waals surface area contributed by atoms with Gasteiger partial charge < -0.3 is 10.6 Å². The molecule has 0 atom stereocenters. The second-order valence-electron chi connectivity index (χ2n) is 4.66. The zero-order chi connectivity index (χ0) is 11.4. The zero-order valence-electron chi connectivity index (χ0n) is 10.3. The summed E-state index contributed by atoms with van der Waals surface area (Å²) < 4.78 is 1.89. The van der Waals surface area contributed by atoms with Crippen LogP contribution in [-0.4, -0.2) is 28.9 Å². The first kappa shape index (κ1) is 11.5. The average Bonchev–Trinajstić information content (AvgIpc) is 2.84. The van der Waals surface area contributed by atoms with E-state index in [1.165, 1.54) is 25.7 Å². The maximum Gasteiger partial charge on any atom is 0.124 e. The van der Waals surface area contributed by atoms with Crippen LogP contribution in [0.25, 0.3) is 0 Å². The van der Waals surface area contributed by atoms with Gasteiger partial charge in [-0.1, -0.05) is 12.8 Å². The molecule has 0 amide bonds. The van der Waals surface area contributed by atoms with E-state index in [2.05, 4.69) is 21.8 Å². The fourth-order valence-corrected chi connectivity index (χ4v) is 2.37. The highest BCUT2D eigenvalue weighted by molar-refractivity contribution is 5.36. The Bertz CT molecular complexity index is 326. The normalized spacial score (nSPS) is 16.9. The number of nitrogens with zero attached hydrogens (tertiary/aromatic N) is 2. The summed E-state index contributed by atoms with van der Waals surface area (Å²) in [7, 11) is 1.97. The molecule has 2 N–H and O–H groups in total. The molecule has 0 saturated heterocycles. The second kappa shape index (κ2) is 5.34. The maximum atomic E-state index is 4.30. The van der Waals surface area contributed by atoms with Crippen LogP contribution in [0.3, 0.4) is 0 Å². The molecule has 0 radical (unpaired) electrons. The molecule has 1 heterocycles. The van der Waals surface area contributed by atoms with Crippen LogP contribution in [0, 0.1) is 6.92 Å². The predicted molar refractivity (Wildman–Crippen MR) is 66.7 cm³/mol. The van der Waals surface area contributed by atoms with E-state index in [9.17, 15) is 0 Å². The number of aromatic nitrogens is 2. The standard InChI is InChI=1S/C12H22N4/c1-10-9-12(16(2)15-10)14-8-7-13-11-5-3-4-6-11/h9,11,13-14H,3-8H2,1-2H3. The van der Waals surface area contributed by atoms with Gasteiger partial charge in [-0.3, -0.25) is 4.68 Å². The van der Waals surface area contributed by atoms with Crippen LogP contribution in [0.15, 0.2) is 6.07 Å². The van der Waals surface area contributed by atoms with Gasteiger partial charge in [0.25, 0.3) is 0 Å². The molecule has 1 aliphatic carbocycles. The van der Waals surface area contributed by atoms with E-state index in [4.69, 9.17) is 0 Å². The van der Waals surface area contributed by atoms with Gasteiger partial charge in [0.15, 0.2) is 0 Å². The van der Waals surface area contributed by atoms with E-state index in [1.54, 1.807) is 0 Å². The van der Waals surface area contributed by atoms with Gasteiger partial charge >= 0.3 is 0 Å². The Morgan fingerprint density at radius 3 is 2.75 bits per heavy atom. The summed E-state index contributed by atoms with van der Waals surface area (Å²) in [6, 6.07) is 2.84. The monoisotopic (exact) mass is 222 g/mol. The summed E-state index contributed by atoms with van der Waals surface area (Å²) in [5.74, 6) is 1.10. The lowest BCUT2D eigenvalue weighted by atomic mass is 10.2. The van der Waals surface area contributed by atoms with Crippen molar-refractivity contribution in [1.29, 1.82) is 0 Å². The molecule has 0 aromatic carbocycles. The molecule has 0 bridgehead atoms. The van der Waals surface area contributed by atoms with Crippen molar-refractivity contribution >= 4 is 5.82 Å². The van der Waals surface area contributed by atoms with Gasteiger partial charge in [0.1, 0.15) is 5.82 Å². The second-order valence-corrected chi connectivity index (χ2v) is 4.66. The van der Waals surface area contributed by atoms with Crippen LogP contribution < -0.4 is 10.6 Å². The van der Waals surface area contributed by atoms with Crippen molar-refractivity contribution in [3.63, 3.8) is 0 Å². The highest BCUT2D eigenvalue weighted by Gasteiger charge is 2.13. The van der Waals surface area contributed by atoms with Gasteiger partial charge in [-0.15, -0.1) is 0 Å². The molecule has 0 spiro atoms. The van der Waals surface area contributed by atoms with Crippen LogP contribution in [0.2, 0.25) is 0 Å². The highest BCUT2D eigenvalue weighted by Crippen LogP contribution is 2.17. The molecule has 1 saturated carbocycles. The lowest BCUT2D eigenvalue weighted by molar-refractivity contribution is 0.535. The Kier molecular flexibility index (Phi) is 3.83. The minimum absolute atomic E-state index is 0.759. The van der Waals surface area contributed by atoms with Crippen LogP contribution in [0.5, 0.6) is 0 Å². The first-order valence-electron chi connectivity index (χ1n) is 6.23. The molecule has 2 rings (SSSR count). The molecule has 1 aromatic rings. The lowest BCUT2D eigenvalue weighted by Gasteiger charge is -2.12. The molecule has 1 fully saturated rings. The van der Waals surface area contributed by atoms with E-state index in [1.807, 2.05) is 18.7 Å². The fraction of sp³-hybridized carbons (Fsp3) is 0.750. The average molecular weight is 222 g/mol. The molecule has 16 heavy (non-hydrogen) atoms. The number of anilines is 1. The van der Waals surface area contributed by atoms with Crippen molar-refractivity contribution in [2.24, 2.45) is 7.05 Å². The summed E-state index contributed by atoms with van der Waals surface area (Å²) in [5.41, 5.74) is 1.06. The topological polar surface area (TPSA) is 41.9 Å². The quantitative estimate of drug-likeness (QED) is 0.745. The Hall–Kier alpha value is -1.03. The van der Waals surface area contributed by atoms with Crippen LogP contribution in [-0.2, 0) is 7.05 Å². The van der Waals surface area contributed by atoms with Gasteiger partial charge in [-0.2, -0.15) is 5.10 Å². The molecule has 1 aliphatic rings. The Morgan fingerprint density at radius 1 is 1.38 bits per heavy atom. The van der Waals surface area contributed by atoms with Gasteiger partial charge in [0.05, 0.1) is 5.69 Å². The predicted octanol–water partition coefficient (Wildman–Crippen LogP) is 1.67. The number of aryl methyl sites for hydroxylation is 2. The van der Waals surface area contributed by atoms with Crippen molar-refractivity contribution in [2.75, 3.05) is 18.4 Å². The minimum atomic E-state index is 0.759. The molecule has 4 heteroatoms. The van der Waals surface area contributed by atoms with Crippen LogP contribution >= 0.6 is 0 Å². The van der Waals surface area contributed by atoms with Gasteiger partial charge in [-0.25, -0.2) is 0 Å². The van der Waals surface area contributed by atoms with E-state index in [-0.39, 0.29) is 0 Å². The molecular formula is C12H22N4. The maximum absolute atomic E-state index is 4.30. The van der Waals surface area contributed by atoms with E-state index in [0.717, 1.165) is 30.6 Å². The molecule has 0 aliphatic heterocycles. The summed E-state index contributed by atoms with van der Waals surface area (Å²) in [4.78, 5) is 0. The molecule has 1 aromatic heterocycles. The Labute approximate surface area is 97.4 Å². The van der Waals surface area contributed by atoms with Crippen molar-refractivity contribution in [2.45, 2.75) is 38.6 Å². The van der Waals surface area contributed by atoms with Crippen LogP contribution in [0.4, 0.5) is 5.82 Å². The number of nitrogens with one attached hydrogen (secondary N) is 2. The molecule has 0 unspecified atom stereocenters. The third-order valence-corrected chi connectivity index (χ3v) is 3.22. The third kappa shape index (κ3) is 2.98. The third-order valence-electron chi connectivity index (χ3n) is 3.22. The van der Waals surface area contributed by atoms with Crippen molar-refractivity contribution < 1.29 is 0 Å². The zero-order valence-corrected chi connectivity index (χ0v) is 10.3. The Balaban J connectivity index is 1.65. The van der Waals surface area contributed by atoms with Crippen LogP contribution in [0.1, 0.15) is 31.4 Å². The number of hydrogen-bond acceptors (Lipinski definition) is 3. The molecule has 4 nitrogen and oxygen atoms in total. The summed E-state index contributed by atoms with van der Waals surface area (Å²) in [6.07, 6.45) is 5.49. The lowest BCUT2D eigenvalue weighted by Crippen LogP contribution is -2.30. The molecular weight excluding hydrogens is 200 g/mol. The van der Waals surface area contributed by atoms with E-state index in [0.29, 0.717) is 0 Å². The number of rotatable bonds is 5. The van der Waals surface area contributed by atoms with Crippen molar-refractivity contribution in [1.82, 2.24) is 15.1 Å². The SMILES string of the molecule is Cc1cc(NCCNC2CCCC2)n(C)n1. The highest BCUT2D eigenvalue weighted by atomic mass is 15.3. The summed E-state index contributed by atoms with van der Waals surface area (Å²) in [6.45, 7) is 4.02. The minimum Gasteiger partial charge on any atom is -0.369 e. The van der Waals surface area contributed by atoms with E-state index >= 15 is 0 Å². The summed E-state index contributed by atoms with van der Waals surface area (Å²) >= 11 is 0. The van der Waals surface area contributed by atoms with E-state index < -0.39 is 0 Å². The van der Waals surface area contributed by atoms with Gasteiger partial charge in [-0.05, 0) is 19.8 Å². The molecule has 90 valence electrons. The largest absolute Gasteiger partial charge is 0.369 e. The Morgan fingerprint density at radius 2 is 2.12 bits per heavy atom. The van der Waals surface area contributed by atoms with Crippen molar-refractivity contribution in [3.05, 3.63) is 11.8 Å². The first-order valence-corrected chi connectivity index (χ1v) is 6.23. The fourth-order valence-electron chi connectivity index (χ4n) is 2.37. The smallest absolute Gasteiger partial charge is 0.124 e. The van der Waals surface area contributed by atoms with Crippen molar-refractivity contribution in [3.8, 4) is 0 Å². The van der Waals surface area contributed by atoms with Gasteiger partial charge in [0, 0.05) is 32.2 Å². The van der Waals surface area contributed by atoms with Gasteiger partial charge in [0.2, 0.25) is 0 Å². The summed E-state index contributed by atoms with van der Waals surface area (Å²) in [5, 5.41) is 11.3.